The van der Waals surface area contributed by atoms with Crippen LogP contribution < -0.4 is 0 Å². The second kappa shape index (κ2) is 6.20. The Morgan fingerprint density at radius 3 is 2.61 bits per heavy atom. The van der Waals surface area contributed by atoms with E-state index in [0.29, 0.717) is 10.6 Å². The van der Waals surface area contributed by atoms with Crippen LogP contribution in [0.5, 0.6) is 0 Å². The van der Waals surface area contributed by atoms with Gasteiger partial charge in [-0.25, -0.2) is 0 Å². The van der Waals surface area contributed by atoms with Gasteiger partial charge in [0.05, 0.1) is 6.61 Å². The smallest absolute Gasteiger partial charge is 0.372 e. The number of alkyl halides is 3. The molecule has 1 aromatic carbocycles. The van der Waals surface area contributed by atoms with Crippen LogP contribution in [0.3, 0.4) is 0 Å². The van der Waals surface area contributed by atoms with E-state index in [1.807, 2.05) is 0 Å². The fraction of sp³-hybridized carbons (Fsp3) is 0.417. The van der Waals surface area contributed by atoms with Gasteiger partial charge in [-0.15, -0.1) is 0 Å². The minimum Gasteiger partial charge on any atom is -0.372 e. The number of ether oxygens (including phenoxy) is 1. The van der Waals surface area contributed by atoms with E-state index < -0.39 is 12.8 Å². The standard InChI is InChI=1S/C12H12ClF3O2/c1-8-2-3-9(6-10(8)13)11(17)4-5-18-7-12(14,15)16/h2-3,6H,4-5,7H2,1H3. The van der Waals surface area contributed by atoms with Crippen LogP contribution in [0.25, 0.3) is 0 Å². The van der Waals surface area contributed by atoms with Crippen molar-refractivity contribution >= 4 is 17.4 Å². The first-order valence-electron chi connectivity index (χ1n) is 5.23. The molecule has 0 saturated heterocycles. The van der Waals surface area contributed by atoms with Crippen LogP contribution in [-0.2, 0) is 4.74 Å². The second-order valence-electron chi connectivity index (χ2n) is 3.80. The van der Waals surface area contributed by atoms with Crippen LogP contribution in [-0.4, -0.2) is 25.2 Å². The van der Waals surface area contributed by atoms with Gasteiger partial charge in [-0.05, 0) is 18.6 Å². The molecule has 2 nitrogen and oxygen atoms in total. The minimum atomic E-state index is -4.36. The molecular formula is C12H12ClF3O2. The summed E-state index contributed by atoms with van der Waals surface area (Å²) >= 11 is 5.85. The summed E-state index contributed by atoms with van der Waals surface area (Å²) in [4.78, 5) is 11.6. The van der Waals surface area contributed by atoms with Gasteiger partial charge in [-0.3, -0.25) is 4.79 Å². The molecule has 1 aromatic rings. The van der Waals surface area contributed by atoms with Crippen molar-refractivity contribution in [1.82, 2.24) is 0 Å². The average molecular weight is 281 g/mol. The molecule has 0 amide bonds. The lowest BCUT2D eigenvalue weighted by molar-refractivity contribution is -0.173. The van der Waals surface area contributed by atoms with E-state index in [9.17, 15) is 18.0 Å². The number of rotatable bonds is 5. The van der Waals surface area contributed by atoms with Crippen molar-refractivity contribution in [3.05, 3.63) is 34.3 Å². The molecule has 0 aliphatic rings. The molecule has 0 unspecified atom stereocenters. The van der Waals surface area contributed by atoms with Crippen molar-refractivity contribution in [1.29, 1.82) is 0 Å². The van der Waals surface area contributed by atoms with E-state index >= 15 is 0 Å². The first kappa shape index (κ1) is 15.0. The van der Waals surface area contributed by atoms with Crippen molar-refractivity contribution in [2.75, 3.05) is 13.2 Å². The van der Waals surface area contributed by atoms with Gasteiger partial charge in [0, 0.05) is 17.0 Å². The van der Waals surface area contributed by atoms with Gasteiger partial charge in [-0.1, -0.05) is 23.7 Å². The Kier molecular flexibility index (Phi) is 5.16. The number of ketones is 1. The molecule has 0 bridgehead atoms. The van der Waals surface area contributed by atoms with Crippen LogP contribution in [0.1, 0.15) is 22.3 Å². The maximum absolute atomic E-state index is 11.8. The minimum absolute atomic E-state index is 0.102. The SMILES string of the molecule is Cc1ccc(C(=O)CCOCC(F)(F)F)cc1Cl. The Balaban J connectivity index is 2.43. The van der Waals surface area contributed by atoms with Crippen LogP contribution >= 0.6 is 11.6 Å². The van der Waals surface area contributed by atoms with Gasteiger partial charge < -0.3 is 4.74 Å². The lowest BCUT2D eigenvalue weighted by atomic mass is 10.1. The predicted molar refractivity (Wildman–Crippen MR) is 62.0 cm³/mol. The highest BCUT2D eigenvalue weighted by atomic mass is 35.5. The lowest BCUT2D eigenvalue weighted by Crippen LogP contribution is -2.18. The molecule has 0 radical (unpaired) electrons. The second-order valence-corrected chi connectivity index (χ2v) is 4.21. The monoisotopic (exact) mass is 280 g/mol. The van der Waals surface area contributed by atoms with Gasteiger partial charge in [-0.2, -0.15) is 13.2 Å². The molecule has 6 heteroatoms. The van der Waals surface area contributed by atoms with E-state index in [-0.39, 0.29) is 18.8 Å². The van der Waals surface area contributed by atoms with Crippen molar-refractivity contribution in [3.8, 4) is 0 Å². The molecule has 0 N–H and O–H groups in total. The number of aryl methyl sites for hydroxylation is 1. The summed E-state index contributed by atoms with van der Waals surface area (Å²) in [5.41, 5.74) is 1.21. The quantitative estimate of drug-likeness (QED) is 0.606. The number of Topliss-reactive ketones (excluding diaryl/α,β-unsaturated/α-hetero) is 1. The third-order valence-corrected chi connectivity index (χ3v) is 2.64. The molecule has 1 rings (SSSR count). The molecular weight excluding hydrogens is 269 g/mol. The Morgan fingerprint density at radius 2 is 2.06 bits per heavy atom. The van der Waals surface area contributed by atoms with E-state index in [1.165, 1.54) is 6.07 Å². The zero-order valence-electron chi connectivity index (χ0n) is 9.68. The van der Waals surface area contributed by atoms with Crippen LogP contribution in [0.4, 0.5) is 13.2 Å². The summed E-state index contributed by atoms with van der Waals surface area (Å²) in [5, 5.41) is 0.456. The molecule has 0 aliphatic carbocycles. The summed E-state index contributed by atoms with van der Waals surface area (Å²) in [7, 11) is 0. The molecule has 0 aromatic heterocycles. The Labute approximate surface area is 108 Å². The van der Waals surface area contributed by atoms with Crippen LogP contribution in [0, 0.1) is 6.92 Å². The zero-order valence-corrected chi connectivity index (χ0v) is 10.4. The number of halogens is 4. The highest BCUT2D eigenvalue weighted by Crippen LogP contribution is 2.18. The van der Waals surface area contributed by atoms with Gasteiger partial charge in [0.25, 0.3) is 0 Å². The third-order valence-electron chi connectivity index (χ3n) is 2.23. The summed E-state index contributed by atoms with van der Waals surface area (Å²) in [6, 6.07) is 4.78. The summed E-state index contributed by atoms with van der Waals surface area (Å²) < 4.78 is 39.7. The molecule has 100 valence electrons. The van der Waals surface area contributed by atoms with Crippen molar-refractivity contribution < 1.29 is 22.7 Å². The van der Waals surface area contributed by atoms with Gasteiger partial charge in [0.2, 0.25) is 0 Å². The van der Waals surface area contributed by atoms with Gasteiger partial charge in [0.1, 0.15) is 6.61 Å². The predicted octanol–water partition coefficient (Wildman–Crippen LogP) is 3.80. The molecule has 0 saturated carbocycles. The Bertz CT molecular complexity index is 430. The third kappa shape index (κ3) is 5.06. The van der Waals surface area contributed by atoms with Crippen molar-refractivity contribution in [2.24, 2.45) is 0 Å². The largest absolute Gasteiger partial charge is 0.411 e. The number of carbonyl (C=O) groups excluding carboxylic acids is 1. The van der Waals surface area contributed by atoms with Crippen molar-refractivity contribution in [2.45, 2.75) is 19.5 Å². The van der Waals surface area contributed by atoms with Crippen LogP contribution in [0.15, 0.2) is 18.2 Å². The first-order valence-corrected chi connectivity index (χ1v) is 5.61. The van der Waals surface area contributed by atoms with E-state index in [4.69, 9.17) is 11.6 Å². The fourth-order valence-electron chi connectivity index (χ4n) is 1.26. The molecule has 0 heterocycles. The maximum Gasteiger partial charge on any atom is 0.411 e. The number of benzene rings is 1. The molecule has 18 heavy (non-hydrogen) atoms. The zero-order chi connectivity index (χ0) is 13.8. The summed E-state index contributed by atoms with van der Waals surface area (Å²) in [5.74, 6) is -0.293. The number of hydrogen-bond donors (Lipinski definition) is 0. The highest BCUT2D eigenvalue weighted by molar-refractivity contribution is 6.31. The van der Waals surface area contributed by atoms with E-state index in [1.54, 1.807) is 19.1 Å². The van der Waals surface area contributed by atoms with Gasteiger partial charge >= 0.3 is 6.18 Å². The maximum atomic E-state index is 11.8. The normalized spacial score (nSPS) is 11.6. The van der Waals surface area contributed by atoms with Gasteiger partial charge in [0.15, 0.2) is 5.78 Å². The number of hydrogen-bond acceptors (Lipinski definition) is 2. The molecule has 0 aliphatic heterocycles. The molecule has 0 atom stereocenters. The van der Waals surface area contributed by atoms with E-state index in [0.717, 1.165) is 5.56 Å². The molecule has 0 fully saturated rings. The van der Waals surface area contributed by atoms with E-state index in [2.05, 4.69) is 4.74 Å². The Hall–Kier alpha value is -1.07. The molecule has 0 spiro atoms. The topological polar surface area (TPSA) is 26.3 Å². The lowest BCUT2D eigenvalue weighted by Gasteiger charge is -2.07. The van der Waals surface area contributed by atoms with Crippen molar-refractivity contribution in [3.63, 3.8) is 0 Å². The Morgan fingerprint density at radius 1 is 1.39 bits per heavy atom. The number of carbonyl (C=O) groups is 1. The summed E-state index contributed by atoms with van der Waals surface area (Å²) in [6.07, 6.45) is -4.47. The van der Waals surface area contributed by atoms with Crippen LogP contribution in [0.2, 0.25) is 5.02 Å². The first-order chi connectivity index (χ1) is 8.29. The fourth-order valence-corrected chi connectivity index (χ4v) is 1.44. The summed E-state index contributed by atoms with van der Waals surface area (Å²) in [6.45, 7) is 0.196. The average Bonchev–Trinajstić information content (AvgIpc) is 2.26. The highest BCUT2D eigenvalue weighted by Gasteiger charge is 2.27.